The van der Waals surface area contributed by atoms with Crippen LogP contribution in [0.4, 0.5) is 0 Å². The molecule has 3 aliphatic rings. The number of aromatic nitrogens is 3. The number of nitrogens with zero attached hydrogens (tertiary/aromatic N) is 4. The molecule has 0 N–H and O–H groups in total. The highest BCUT2D eigenvalue weighted by Gasteiger charge is 2.45. The lowest BCUT2D eigenvalue weighted by molar-refractivity contribution is -0.143. The summed E-state index contributed by atoms with van der Waals surface area (Å²) in [6.07, 6.45) is 6.73. The van der Waals surface area contributed by atoms with Crippen molar-refractivity contribution in [2.45, 2.75) is 56.8 Å². The van der Waals surface area contributed by atoms with Gasteiger partial charge in [0.25, 0.3) is 5.91 Å². The van der Waals surface area contributed by atoms with Gasteiger partial charge in [-0.3, -0.25) is 4.79 Å². The van der Waals surface area contributed by atoms with Crippen molar-refractivity contribution >= 4 is 5.91 Å². The first kappa shape index (κ1) is 16.4. The normalized spacial score (nSPS) is 26.9. The zero-order valence-corrected chi connectivity index (χ0v) is 15.2. The first-order chi connectivity index (χ1) is 13.2. The highest BCUT2D eigenvalue weighted by Crippen LogP contribution is 2.41. The first-order valence-electron chi connectivity index (χ1n) is 9.43. The van der Waals surface area contributed by atoms with E-state index in [1.54, 1.807) is 29.3 Å². The molecule has 3 aliphatic heterocycles. The molecule has 2 aromatic rings. The number of benzene rings is 1. The fourth-order valence-corrected chi connectivity index (χ4v) is 4.53. The van der Waals surface area contributed by atoms with E-state index in [-0.39, 0.29) is 30.8 Å². The van der Waals surface area contributed by atoms with Crippen molar-refractivity contribution < 1.29 is 19.0 Å². The van der Waals surface area contributed by atoms with Crippen LogP contribution in [0.1, 0.15) is 38.6 Å². The molecule has 1 aromatic carbocycles. The van der Waals surface area contributed by atoms with Gasteiger partial charge in [-0.2, -0.15) is 15.0 Å². The second-order valence-corrected chi connectivity index (χ2v) is 7.38. The van der Waals surface area contributed by atoms with Crippen molar-refractivity contribution in [1.29, 1.82) is 0 Å². The number of ether oxygens (including phenoxy) is 3. The van der Waals surface area contributed by atoms with Gasteiger partial charge >= 0.3 is 0 Å². The third-order valence-electron chi connectivity index (χ3n) is 5.73. The number of piperidine rings is 1. The molecule has 142 valence electrons. The molecule has 0 spiro atoms. The number of fused-ring (bicyclic) bond motifs is 3. The van der Waals surface area contributed by atoms with E-state index in [0.29, 0.717) is 17.2 Å². The maximum atomic E-state index is 13.1. The molecule has 0 radical (unpaired) electrons. The average Bonchev–Trinajstić information content (AvgIpc) is 3.40. The Bertz CT molecular complexity index is 826. The zero-order chi connectivity index (χ0) is 18.4. The number of amides is 1. The first-order valence-corrected chi connectivity index (χ1v) is 9.43. The van der Waals surface area contributed by atoms with Crippen LogP contribution >= 0.6 is 0 Å². The maximum Gasteiger partial charge on any atom is 0.263 e. The molecule has 4 heterocycles. The highest BCUT2D eigenvalue weighted by atomic mass is 16.7. The monoisotopic (exact) mass is 370 g/mol. The third-order valence-corrected chi connectivity index (χ3v) is 5.73. The fraction of sp³-hybridized carbons (Fsp3) is 0.526. The zero-order valence-electron chi connectivity index (χ0n) is 15.2. The van der Waals surface area contributed by atoms with Crippen LogP contribution in [0, 0.1) is 0 Å². The van der Waals surface area contributed by atoms with Crippen LogP contribution in [0.2, 0.25) is 0 Å². The average molecular weight is 370 g/mol. The second-order valence-electron chi connectivity index (χ2n) is 7.38. The number of carbonyl (C=O) groups is 1. The molecule has 3 atom stereocenters. The molecule has 1 aromatic heterocycles. The summed E-state index contributed by atoms with van der Waals surface area (Å²) in [5.74, 6) is 2.02. The molecular formula is C19H22N4O4. The molecule has 0 aliphatic carbocycles. The molecule has 8 heteroatoms. The van der Waals surface area contributed by atoms with Gasteiger partial charge in [-0.05, 0) is 44.7 Å². The van der Waals surface area contributed by atoms with Gasteiger partial charge < -0.3 is 19.1 Å². The van der Waals surface area contributed by atoms with E-state index in [9.17, 15) is 4.79 Å². The van der Waals surface area contributed by atoms with Crippen molar-refractivity contribution in [3.63, 3.8) is 0 Å². The summed E-state index contributed by atoms with van der Waals surface area (Å²) < 4.78 is 16.6. The minimum Gasteiger partial charge on any atom is -0.481 e. The topological polar surface area (TPSA) is 78.7 Å². The van der Waals surface area contributed by atoms with Crippen molar-refractivity contribution in [1.82, 2.24) is 19.9 Å². The van der Waals surface area contributed by atoms with Crippen molar-refractivity contribution in [3.8, 4) is 17.2 Å². The smallest absolute Gasteiger partial charge is 0.263 e. The van der Waals surface area contributed by atoms with Gasteiger partial charge in [0.05, 0.1) is 18.4 Å². The summed E-state index contributed by atoms with van der Waals surface area (Å²) in [7, 11) is 0. The molecule has 2 fully saturated rings. The quantitative estimate of drug-likeness (QED) is 0.821. The lowest BCUT2D eigenvalue weighted by Gasteiger charge is -2.39. The van der Waals surface area contributed by atoms with Crippen LogP contribution in [-0.4, -0.2) is 50.8 Å². The maximum absolute atomic E-state index is 13.1. The number of rotatable bonds is 4. The molecule has 1 amide bonds. The molecule has 8 nitrogen and oxygen atoms in total. The van der Waals surface area contributed by atoms with E-state index < -0.39 is 6.10 Å². The molecule has 3 unspecified atom stereocenters. The molecule has 5 rings (SSSR count). The Balaban J connectivity index is 1.27. The minimum absolute atomic E-state index is 0.0482. The summed E-state index contributed by atoms with van der Waals surface area (Å²) in [6.45, 7) is 2.03. The Labute approximate surface area is 157 Å². The number of hydrogen-bond acceptors (Lipinski definition) is 6. The van der Waals surface area contributed by atoms with Gasteiger partial charge in [0.1, 0.15) is 5.75 Å². The standard InChI is InChI=1S/C19H22N4O4/c1-12(27-16-4-5-17-18(10-16)26-11-25-17)19(24)22-13-2-3-14(22)9-15(8-13)23-20-6-7-21-23/h4-7,10,12-15H,2-3,8-9,11H2,1H3. The highest BCUT2D eigenvalue weighted by molar-refractivity contribution is 5.82. The van der Waals surface area contributed by atoms with Crippen LogP contribution in [-0.2, 0) is 4.79 Å². The van der Waals surface area contributed by atoms with Gasteiger partial charge in [0, 0.05) is 18.2 Å². The SMILES string of the molecule is CC(Oc1ccc2c(c1)OCO2)C(=O)N1C2CCC1CC(n1nccn1)C2. The van der Waals surface area contributed by atoms with Gasteiger partial charge in [0.2, 0.25) is 6.79 Å². The van der Waals surface area contributed by atoms with Crippen LogP contribution in [0.25, 0.3) is 0 Å². The molecular weight excluding hydrogens is 348 g/mol. The Morgan fingerprint density at radius 3 is 2.56 bits per heavy atom. The second kappa shape index (κ2) is 6.44. The van der Waals surface area contributed by atoms with Crippen molar-refractivity contribution in [3.05, 3.63) is 30.6 Å². The Morgan fingerprint density at radius 2 is 1.81 bits per heavy atom. The minimum atomic E-state index is -0.548. The van der Waals surface area contributed by atoms with E-state index in [0.717, 1.165) is 25.7 Å². The van der Waals surface area contributed by atoms with Gasteiger partial charge in [-0.15, -0.1) is 0 Å². The van der Waals surface area contributed by atoms with E-state index in [1.807, 2.05) is 17.9 Å². The number of carbonyl (C=O) groups excluding carboxylic acids is 1. The summed E-state index contributed by atoms with van der Waals surface area (Å²) in [4.78, 5) is 16.9. The summed E-state index contributed by atoms with van der Waals surface area (Å²) in [6, 6.07) is 6.12. The fourth-order valence-electron chi connectivity index (χ4n) is 4.53. The summed E-state index contributed by atoms with van der Waals surface area (Å²) in [5.41, 5.74) is 0. The molecule has 2 bridgehead atoms. The number of hydrogen-bond donors (Lipinski definition) is 0. The van der Waals surface area contributed by atoms with Crippen LogP contribution in [0.3, 0.4) is 0 Å². The Kier molecular flexibility index (Phi) is 3.91. The lowest BCUT2D eigenvalue weighted by Crippen LogP contribution is -2.51. The van der Waals surface area contributed by atoms with E-state index in [1.165, 1.54) is 0 Å². The van der Waals surface area contributed by atoms with Crippen LogP contribution < -0.4 is 14.2 Å². The molecule has 0 saturated carbocycles. The molecule has 27 heavy (non-hydrogen) atoms. The van der Waals surface area contributed by atoms with Crippen molar-refractivity contribution in [2.24, 2.45) is 0 Å². The van der Waals surface area contributed by atoms with Crippen LogP contribution in [0.15, 0.2) is 30.6 Å². The summed E-state index contributed by atoms with van der Waals surface area (Å²) >= 11 is 0. The largest absolute Gasteiger partial charge is 0.481 e. The molecule has 2 saturated heterocycles. The van der Waals surface area contributed by atoms with E-state index in [4.69, 9.17) is 14.2 Å². The van der Waals surface area contributed by atoms with Gasteiger partial charge in [-0.25, -0.2) is 0 Å². The third kappa shape index (κ3) is 2.89. The predicted molar refractivity (Wildman–Crippen MR) is 94.6 cm³/mol. The van der Waals surface area contributed by atoms with Gasteiger partial charge in [-0.1, -0.05) is 0 Å². The summed E-state index contributed by atoms with van der Waals surface area (Å²) in [5, 5.41) is 8.56. The van der Waals surface area contributed by atoms with Crippen LogP contribution in [0.5, 0.6) is 17.2 Å². The Hall–Kier alpha value is -2.77. The Morgan fingerprint density at radius 1 is 1.11 bits per heavy atom. The van der Waals surface area contributed by atoms with Crippen molar-refractivity contribution in [2.75, 3.05) is 6.79 Å². The van der Waals surface area contributed by atoms with E-state index in [2.05, 4.69) is 10.2 Å². The predicted octanol–water partition coefficient (Wildman–Crippen LogP) is 2.17. The lowest BCUT2D eigenvalue weighted by atomic mass is 9.97. The van der Waals surface area contributed by atoms with Gasteiger partial charge in [0.15, 0.2) is 17.6 Å². The van der Waals surface area contributed by atoms with E-state index >= 15 is 0 Å².